The van der Waals surface area contributed by atoms with Crippen LogP contribution in [0.4, 0.5) is 19.1 Å². The molecule has 0 aliphatic rings. The summed E-state index contributed by atoms with van der Waals surface area (Å²) < 4.78 is 40.0. The van der Waals surface area contributed by atoms with Crippen molar-refractivity contribution < 1.29 is 17.9 Å². The van der Waals surface area contributed by atoms with Gasteiger partial charge in [0.2, 0.25) is 5.95 Å². The van der Waals surface area contributed by atoms with Crippen molar-refractivity contribution in [1.82, 2.24) is 9.97 Å². The Morgan fingerprint density at radius 2 is 1.71 bits per heavy atom. The maximum absolute atomic E-state index is 12.1. The summed E-state index contributed by atoms with van der Waals surface area (Å²) in [6, 6.07) is 5.39. The van der Waals surface area contributed by atoms with Crippen LogP contribution in [0.3, 0.4) is 0 Å². The van der Waals surface area contributed by atoms with Gasteiger partial charge in [-0.3, -0.25) is 0 Å². The molecule has 1 N–H and O–H groups in total. The summed E-state index contributed by atoms with van der Waals surface area (Å²) in [6.07, 6.45) is -1.80. The van der Waals surface area contributed by atoms with E-state index in [9.17, 15) is 13.2 Å². The van der Waals surface area contributed by atoms with Crippen LogP contribution in [0.1, 0.15) is 18.5 Å². The molecule has 0 amide bonds. The highest BCUT2D eigenvalue weighted by Crippen LogP contribution is 2.25. The molecule has 0 fully saturated rings. The number of benzene rings is 1. The second-order valence-corrected chi connectivity index (χ2v) is 4.64. The maximum atomic E-state index is 12.1. The van der Waals surface area contributed by atoms with Crippen molar-refractivity contribution in [1.29, 1.82) is 0 Å². The first-order chi connectivity index (χ1) is 9.83. The lowest BCUT2D eigenvalue weighted by Crippen LogP contribution is -2.17. The van der Waals surface area contributed by atoms with Gasteiger partial charge in [-0.15, -0.1) is 13.2 Å². The van der Waals surface area contributed by atoms with Gasteiger partial charge in [-0.1, -0.05) is 23.7 Å². The molecule has 1 aromatic heterocycles. The minimum atomic E-state index is -4.69. The molecular weight excluding hydrogens is 307 g/mol. The molecular formula is C13H11ClF3N3O. The highest BCUT2D eigenvalue weighted by molar-refractivity contribution is 6.30. The van der Waals surface area contributed by atoms with Crippen LogP contribution in [0.5, 0.6) is 5.75 Å². The monoisotopic (exact) mass is 317 g/mol. The number of hydrogen-bond acceptors (Lipinski definition) is 4. The number of alkyl halides is 3. The third-order valence-corrected chi connectivity index (χ3v) is 2.77. The van der Waals surface area contributed by atoms with Crippen LogP contribution < -0.4 is 10.1 Å². The molecule has 1 heterocycles. The Morgan fingerprint density at radius 3 is 2.24 bits per heavy atom. The summed E-state index contributed by atoms with van der Waals surface area (Å²) in [5.41, 5.74) is 0.767. The highest BCUT2D eigenvalue weighted by atomic mass is 35.5. The third-order valence-electron chi connectivity index (χ3n) is 2.58. The Balaban J connectivity index is 2.02. The first-order valence-electron chi connectivity index (χ1n) is 5.93. The number of nitrogens with zero attached hydrogens (tertiary/aromatic N) is 2. The minimum absolute atomic E-state index is 0.189. The van der Waals surface area contributed by atoms with E-state index in [1.165, 1.54) is 36.7 Å². The van der Waals surface area contributed by atoms with E-state index >= 15 is 0 Å². The summed E-state index contributed by atoms with van der Waals surface area (Å²) in [7, 11) is 0. The fourth-order valence-electron chi connectivity index (χ4n) is 1.62. The van der Waals surface area contributed by atoms with Gasteiger partial charge in [0.05, 0.1) is 23.5 Å². The quantitative estimate of drug-likeness (QED) is 0.918. The van der Waals surface area contributed by atoms with Crippen LogP contribution in [-0.2, 0) is 0 Å². The van der Waals surface area contributed by atoms with Gasteiger partial charge in [-0.25, -0.2) is 9.97 Å². The van der Waals surface area contributed by atoms with Gasteiger partial charge in [-0.2, -0.15) is 0 Å². The van der Waals surface area contributed by atoms with E-state index in [-0.39, 0.29) is 11.8 Å². The molecule has 112 valence electrons. The maximum Gasteiger partial charge on any atom is 0.573 e. The van der Waals surface area contributed by atoms with Gasteiger partial charge in [0.1, 0.15) is 5.75 Å². The van der Waals surface area contributed by atoms with Gasteiger partial charge in [0, 0.05) is 0 Å². The van der Waals surface area contributed by atoms with Crippen molar-refractivity contribution in [2.45, 2.75) is 19.3 Å². The second kappa shape index (κ2) is 6.17. The second-order valence-electron chi connectivity index (χ2n) is 4.21. The largest absolute Gasteiger partial charge is 0.573 e. The van der Waals surface area contributed by atoms with Gasteiger partial charge >= 0.3 is 6.36 Å². The zero-order valence-corrected chi connectivity index (χ0v) is 11.6. The van der Waals surface area contributed by atoms with Crippen LogP contribution in [0, 0.1) is 0 Å². The molecule has 0 saturated heterocycles. The first kappa shape index (κ1) is 15.4. The van der Waals surface area contributed by atoms with Gasteiger partial charge in [0.25, 0.3) is 0 Å². The molecule has 1 atom stereocenters. The van der Waals surface area contributed by atoms with Crippen LogP contribution in [0.15, 0.2) is 36.7 Å². The molecule has 0 spiro atoms. The van der Waals surface area contributed by atoms with Gasteiger partial charge in [0.15, 0.2) is 0 Å². The molecule has 2 rings (SSSR count). The zero-order chi connectivity index (χ0) is 15.5. The Labute approximate surface area is 123 Å². The number of ether oxygens (including phenoxy) is 1. The molecule has 0 bridgehead atoms. The van der Waals surface area contributed by atoms with E-state index in [2.05, 4.69) is 20.0 Å². The summed E-state index contributed by atoms with van der Waals surface area (Å²) >= 11 is 5.68. The number of rotatable bonds is 4. The number of halogens is 4. The lowest BCUT2D eigenvalue weighted by atomic mass is 10.1. The van der Waals surface area contributed by atoms with Crippen molar-refractivity contribution >= 4 is 17.5 Å². The van der Waals surface area contributed by atoms with Crippen molar-refractivity contribution in [3.8, 4) is 5.75 Å². The fraction of sp³-hybridized carbons (Fsp3) is 0.231. The van der Waals surface area contributed by atoms with E-state index in [0.29, 0.717) is 11.0 Å². The molecule has 0 aliphatic heterocycles. The lowest BCUT2D eigenvalue weighted by Gasteiger charge is -2.15. The van der Waals surface area contributed by atoms with E-state index in [0.717, 1.165) is 5.56 Å². The molecule has 0 saturated carbocycles. The average molecular weight is 318 g/mol. The third kappa shape index (κ3) is 4.78. The van der Waals surface area contributed by atoms with E-state index < -0.39 is 6.36 Å². The van der Waals surface area contributed by atoms with E-state index in [1.807, 2.05) is 6.92 Å². The van der Waals surface area contributed by atoms with Gasteiger partial charge in [-0.05, 0) is 24.6 Å². The molecule has 4 nitrogen and oxygen atoms in total. The fourth-order valence-corrected chi connectivity index (χ4v) is 1.72. The van der Waals surface area contributed by atoms with Crippen molar-refractivity contribution in [2.75, 3.05) is 5.32 Å². The van der Waals surface area contributed by atoms with Crippen molar-refractivity contribution in [3.63, 3.8) is 0 Å². The number of hydrogen-bond donors (Lipinski definition) is 1. The first-order valence-corrected chi connectivity index (χ1v) is 6.31. The SMILES string of the molecule is C[C@H](Nc1ncc(Cl)cn1)c1ccc(OC(F)(F)F)cc1. The normalized spacial score (nSPS) is 12.8. The summed E-state index contributed by atoms with van der Waals surface area (Å²) in [4.78, 5) is 7.96. The molecule has 0 aliphatic carbocycles. The van der Waals surface area contributed by atoms with Gasteiger partial charge < -0.3 is 10.1 Å². The zero-order valence-electron chi connectivity index (χ0n) is 10.9. The number of nitrogens with one attached hydrogen (secondary N) is 1. The Hall–Kier alpha value is -2.02. The smallest absolute Gasteiger partial charge is 0.406 e. The molecule has 1 aromatic carbocycles. The minimum Gasteiger partial charge on any atom is -0.406 e. The Morgan fingerprint density at radius 1 is 1.14 bits per heavy atom. The average Bonchev–Trinajstić information content (AvgIpc) is 2.40. The molecule has 21 heavy (non-hydrogen) atoms. The van der Waals surface area contributed by atoms with E-state index in [4.69, 9.17) is 11.6 Å². The molecule has 2 aromatic rings. The van der Waals surface area contributed by atoms with Crippen molar-refractivity contribution in [3.05, 3.63) is 47.2 Å². The summed E-state index contributed by atoms with van der Waals surface area (Å²) in [5, 5.41) is 3.43. The predicted octanol–water partition coefficient (Wildman–Crippen LogP) is 4.20. The topological polar surface area (TPSA) is 47.0 Å². The van der Waals surface area contributed by atoms with Crippen LogP contribution in [-0.4, -0.2) is 16.3 Å². The van der Waals surface area contributed by atoms with Crippen LogP contribution in [0.2, 0.25) is 5.02 Å². The van der Waals surface area contributed by atoms with Crippen LogP contribution >= 0.6 is 11.6 Å². The molecule has 0 radical (unpaired) electrons. The van der Waals surface area contributed by atoms with Crippen LogP contribution in [0.25, 0.3) is 0 Å². The van der Waals surface area contributed by atoms with Crippen molar-refractivity contribution in [2.24, 2.45) is 0 Å². The summed E-state index contributed by atoms with van der Waals surface area (Å²) in [6.45, 7) is 1.83. The Kier molecular flexibility index (Phi) is 4.52. The number of anilines is 1. The Bertz CT molecular complexity index is 587. The number of aromatic nitrogens is 2. The predicted molar refractivity (Wildman–Crippen MR) is 72.2 cm³/mol. The highest BCUT2D eigenvalue weighted by Gasteiger charge is 2.31. The molecule has 0 unspecified atom stereocenters. The summed E-state index contributed by atoms with van der Waals surface area (Å²) in [5.74, 6) is 0.115. The lowest BCUT2D eigenvalue weighted by molar-refractivity contribution is -0.274. The van der Waals surface area contributed by atoms with E-state index in [1.54, 1.807) is 0 Å². The molecule has 8 heteroatoms. The standard InChI is InChI=1S/C13H11ClF3N3O/c1-8(20-12-18-6-10(14)7-19-12)9-2-4-11(5-3-9)21-13(15,16)17/h2-8H,1H3,(H,18,19,20)/t8-/m0/s1.